The van der Waals surface area contributed by atoms with Crippen molar-refractivity contribution >= 4 is 29.2 Å². The molecule has 2 aromatic carbocycles. The molecule has 2 rings (SSSR count). The zero-order valence-corrected chi connectivity index (χ0v) is 16.1. The van der Waals surface area contributed by atoms with E-state index in [4.69, 9.17) is 21.1 Å². The van der Waals surface area contributed by atoms with Gasteiger partial charge in [0.1, 0.15) is 5.75 Å². The fraction of sp³-hybridized carbons (Fsp3) is 0.263. The molecule has 0 saturated heterocycles. The Kier molecular flexibility index (Phi) is 7.34. The maximum absolute atomic E-state index is 12.0. The number of benzene rings is 2. The first kappa shape index (κ1) is 21.2. The lowest BCUT2D eigenvalue weighted by atomic mass is 10.2. The molecule has 0 heterocycles. The molecule has 28 heavy (non-hydrogen) atoms. The molecule has 0 aliphatic rings. The van der Waals surface area contributed by atoms with E-state index in [0.29, 0.717) is 0 Å². The number of amides is 1. The minimum absolute atomic E-state index is 0.000409. The lowest BCUT2D eigenvalue weighted by Gasteiger charge is -2.11. The highest BCUT2D eigenvalue weighted by molar-refractivity contribution is 6.30. The molecule has 0 radical (unpaired) electrons. The lowest BCUT2D eigenvalue weighted by Crippen LogP contribution is -2.35. The Balaban J connectivity index is 1.99. The van der Waals surface area contributed by atoms with E-state index in [-0.39, 0.29) is 46.3 Å². The van der Waals surface area contributed by atoms with Gasteiger partial charge in [0.15, 0.2) is 6.61 Å². The molecule has 0 aromatic heterocycles. The zero-order chi connectivity index (χ0) is 20.7. The van der Waals surface area contributed by atoms with Gasteiger partial charge in [-0.1, -0.05) is 18.5 Å². The van der Waals surface area contributed by atoms with Gasteiger partial charge in [-0.2, -0.15) is 0 Å². The van der Waals surface area contributed by atoms with E-state index in [0.717, 1.165) is 6.42 Å². The number of nitro benzene ring substituents is 1. The number of halogens is 1. The van der Waals surface area contributed by atoms with Crippen LogP contribution in [0.5, 0.6) is 11.5 Å². The van der Waals surface area contributed by atoms with Gasteiger partial charge in [-0.15, -0.1) is 0 Å². The Bertz CT molecular complexity index is 869. The average Bonchev–Trinajstić information content (AvgIpc) is 2.67. The fourth-order valence-electron chi connectivity index (χ4n) is 2.14. The molecule has 0 saturated carbocycles. The summed E-state index contributed by atoms with van der Waals surface area (Å²) in [5.41, 5.74) is -0.0578. The molecule has 2 aromatic rings. The van der Waals surface area contributed by atoms with Gasteiger partial charge in [-0.25, -0.2) is 4.79 Å². The summed E-state index contributed by atoms with van der Waals surface area (Å²) in [6, 6.07) is 9.85. The van der Waals surface area contributed by atoms with E-state index < -0.39 is 10.9 Å². The Hall–Kier alpha value is -3.13. The highest BCUT2D eigenvalue weighted by Crippen LogP contribution is 2.33. The average molecular weight is 407 g/mol. The first-order valence-corrected chi connectivity index (χ1v) is 8.86. The molecule has 0 spiro atoms. The van der Waals surface area contributed by atoms with Crippen LogP contribution in [0.25, 0.3) is 0 Å². The number of hydrogen-bond acceptors (Lipinski definition) is 6. The molecular weight excluding hydrogens is 388 g/mol. The van der Waals surface area contributed by atoms with Crippen LogP contribution < -0.4 is 10.1 Å². The number of nitrogens with one attached hydrogen (secondary N) is 1. The van der Waals surface area contributed by atoms with Gasteiger partial charge in [0.25, 0.3) is 5.91 Å². The largest absolute Gasteiger partial charge is 0.452 e. The van der Waals surface area contributed by atoms with E-state index >= 15 is 0 Å². The van der Waals surface area contributed by atoms with Crippen LogP contribution in [-0.2, 0) is 9.53 Å². The number of ether oxygens (including phenoxy) is 2. The summed E-state index contributed by atoms with van der Waals surface area (Å²) >= 11 is 5.77. The maximum Gasteiger partial charge on any atom is 0.338 e. The first-order chi connectivity index (χ1) is 13.3. The highest BCUT2D eigenvalue weighted by Gasteiger charge is 2.17. The number of carbonyl (C=O) groups is 2. The van der Waals surface area contributed by atoms with Crippen molar-refractivity contribution in [2.24, 2.45) is 0 Å². The minimum Gasteiger partial charge on any atom is -0.452 e. The van der Waals surface area contributed by atoms with Gasteiger partial charge in [0.05, 0.1) is 10.5 Å². The Morgan fingerprint density at radius 3 is 2.50 bits per heavy atom. The molecule has 0 aliphatic heterocycles. The number of nitro groups is 1. The van der Waals surface area contributed by atoms with E-state index in [1.165, 1.54) is 42.5 Å². The van der Waals surface area contributed by atoms with Crippen LogP contribution in [0.3, 0.4) is 0 Å². The van der Waals surface area contributed by atoms with Crippen LogP contribution in [0, 0.1) is 10.1 Å². The highest BCUT2D eigenvalue weighted by atomic mass is 35.5. The van der Waals surface area contributed by atoms with E-state index in [9.17, 15) is 19.7 Å². The third-order valence-electron chi connectivity index (χ3n) is 3.79. The summed E-state index contributed by atoms with van der Waals surface area (Å²) < 4.78 is 10.5. The van der Waals surface area contributed by atoms with Crippen LogP contribution in [0.1, 0.15) is 30.6 Å². The van der Waals surface area contributed by atoms with Crippen LogP contribution in [0.2, 0.25) is 5.02 Å². The van der Waals surface area contributed by atoms with Gasteiger partial charge in [-0.3, -0.25) is 14.9 Å². The first-order valence-electron chi connectivity index (χ1n) is 8.48. The maximum atomic E-state index is 12.0. The van der Waals surface area contributed by atoms with Crippen molar-refractivity contribution in [3.05, 3.63) is 63.2 Å². The quantitative estimate of drug-likeness (QED) is 0.401. The molecule has 9 heteroatoms. The predicted molar refractivity (Wildman–Crippen MR) is 103 cm³/mol. The van der Waals surface area contributed by atoms with E-state index in [1.807, 2.05) is 13.8 Å². The van der Waals surface area contributed by atoms with Crippen LogP contribution in [0.4, 0.5) is 5.69 Å². The summed E-state index contributed by atoms with van der Waals surface area (Å²) in [5, 5.41) is 14.0. The number of carbonyl (C=O) groups excluding carboxylic acids is 2. The van der Waals surface area contributed by atoms with Gasteiger partial charge in [-0.05, 0) is 49.7 Å². The molecule has 0 bridgehead atoms. The summed E-state index contributed by atoms with van der Waals surface area (Å²) in [6.07, 6.45) is 0.771. The molecule has 8 nitrogen and oxygen atoms in total. The summed E-state index contributed by atoms with van der Waals surface area (Å²) in [4.78, 5) is 34.1. The van der Waals surface area contributed by atoms with Crippen molar-refractivity contribution in [3.8, 4) is 11.5 Å². The molecule has 0 fully saturated rings. The molecule has 1 atom stereocenters. The second kappa shape index (κ2) is 9.70. The Morgan fingerprint density at radius 1 is 1.21 bits per heavy atom. The molecule has 1 unspecified atom stereocenters. The second-order valence-corrected chi connectivity index (χ2v) is 6.38. The van der Waals surface area contributed by atoms with Gasteiger partial charge < -0.3 is 14.8 Å². The summed E-state index contributed by atoms with van der Waals surface area (Å²) in [6.45, 7) is 3.40. The van der Waals surface area contributed by atoms with Crippen molar-refractivity contribution < 1.29 is 24.0 Å². The third kappa shape index (κ3) is 5.95. The van der Waals surface area contributed by atoms with Gasteiger partial charge in [0, 0.05) is 17.1 Å². The van der Waals surface area contributed by atoms with Crippen LogP contribution in [0.15, 0.2) is 42.5 Å². The molecule has 1 N–H and O–H groups in total. The lowest BCUT2D eigenvalue weighted by molar-refractivity contribution is -0.385. The van der Waals surface area contributed by atoms with Crippen molar-refractivity contribution in [1.82, 2.24) is 5.32 Å². The molecule has 148 valence electrons. The summed E-state index contributed by atoms with van der Waals surface area (Å²) in [7, 11) is 0. The van der Waals surface area contributed by atoms with E-state index in [2.05, 4.69) is 5.32 Å². The van der Waals surface area contributed by atoms with Crippen molar-refractivity contribution in [3.63, 3.8) is 0 Å². The van der Waals surface area contributed by atoms with Crippen LogP contribution in [-0.4, -0.2) is 29.4 Å². The van der Waals surface area contributed by atoms with Crippen LogP contribution >= 0.6 is 11.6 Å². The second-order valence-electron chi connectivity index (χ2n) is 5.95. The normalized spacial score (nSPS) is 11.4. The monoisotopic (exact) mass is 406 g/mol. The topological polar surface area (TPSA) is 108 Å². The predicted octanol–water partition coefficient (Wildman–Crippen LogP) is 4.11. The van der Waals surface area contributed by atoms with Gasteiger partial charge >= 0.3 is 11.7 Å². The third-order valence-corrected chi connectivity index (χ3v) is 4.02. The smallest absolute Gasteiger partial charge is 0.338 e. The molecular formula is C19H19ClN2O6. The van der Waals surface area contributed by atoms with E-state index in [1.54, 1.807) is 0 Å². The zero-order valence-electron chi connectivity index (χ0n) is 15.3. The number of esters is 1. The Morgan fingerprint density at radius 2 is 1.89 bits per heavy atom. The van der Waals surface area contributed by atoms with Crippen molar-refractivity contribution in [2.75, 3.05) is 6.61 Å². The molecule has 0 aliphatic carbocycles. The van der Waals surface area contributed by atoms with Crippen molar-refractivity contribution in [1.29, 1.82) is 0 Å². The summed E-state index contributed by atoms with van der Waals surface area (Å²) in [5.74, 6) is -0.732. The minimum atomic E-state index is -0.664. The number of hydrogen-bond donors (Lipinski definition) is 1. The number of nitrogens with zero attached hydrogens (tertiary/aromatic N) is 1. The number of rotatable bonds is 8. The molecule has 1 amide bonds. The van der Waals surface area contributed by atoms with Crippen molar-refractivity contribution in [2.45, 2.75) is 26.3 Å². The Labute approximate surface area is 166 Å². The SMILES string of the molecule is CCC(C)NC(=O)COC(=O)c1ccc(Oc2ccc(Cl)cc2[N+](=O)[O-])cc1. The standard InChI is InChI=1S/C19H19ClN2O6/c1-3-12(2)21-18(23)11-27-19(24)13-4-7-15(8-5-13)28-17-9-6-14(20)10-16(17)22(25)26/h4-10,12H,3,11H2,1-2H3,(H,21,23). The fourth-order valence-corrected chi connectivity index (χ4v) is 2.30. The van der Waals surface area contributed by atoms with Gasteiger partial charge in [0.2, 0.25) is 5.75 Å².